The summed E-state index contributed by atoms with van der Waals surface area (Å²) < 4.78 is 19.8. The second-order valence-electron chi connectivity index (χ2n) is 1.77. The van der Waals surface area contributed by atoms with Crippen LogP contribution in [0.15, 0.2) is 5.16 Å². The highest BCUT2D eigenvalue weighted by Gasteiger charge is 1.86. The summed E-state index contributed by atoms with van der Waals surface area (Å²) in [6.07, 6.45) is 0.773. The number of oxime groups is 1. The quantitative estimate of drug-likeness (QED) is 0.371. The highest BCUT2D eigenvalue weighted by molar-refractivity contribution is 7.72. The van der Waals surface area contributed by atoms with Crippen molar-refractivity contribution < 1.29 is 13.3 Å². The van der Waals surface area contributed by atoms with E-state index in [0.29, 0.717) is 0 Å². The first-order valence-corrected chi connectivity index (χ1v) is 4.30. The zero-order valence-corrected chi connectivity index (χ0v) is 6.93. The zero-order chi connectivity index (χ0) is 7.98. The van der Waals surface area contributed by atoms with Gasteiger partial charge in [-0.25, -0.2) is 8.42 Å². The molecular weight excluding hydrogens is 154 g/mol. The Hall–Kier alpha value is -0.580. The Bertz CT molecular complexity index is 177. The normalized spacial score (nSPS) is 12.1. The number of rotatable bonds is 4. The Labute approximate surface area is 61.8 Å². The third-order valence-corrected chi connectivity index (χ3v) is 1.22. The molecule has 0 aliphatic carbocycles. The van der Waals surface area contributed by atoms with E-state index >= 15 is 0 Å². The van der Waals surface area contributed by atoms with Crippen LogP contribution in [0.1, 0.15) is 20.3 Å². The summed E-state index contributed by atoms with van der Waals surface area (Å²) in [5.41, 5.74) is 0.789. The molecular formula is C5H11NO3S. The van der Waals surface area contributed by atoms with Crippen molar-refractivity contribution in [2.75, 3.05) is 5.94 Å². The number of nitrogens with zero attached hydrogens (tertiary/aromatic N) is 1. The molecule has 0 aromatic heterocycles. The molecule has 0 aromatic carbocycles. The largest absolute Gasteiger partial charge is 0.380 e. The number of thiol groups is 1. The van der Waals surface area contributed by atoms with E-state index in [2.05, 4.69) is 9.99 Å². The molecule has 0 rings (SSSR count). The summed E-state index contributed by atoms with van der Waals surface area (Å²) in [6.45, 7) is 3.69. The second kappa shape index (κ2) is 5.22. The summed E-state index contributed by atoms with van der Waals surface area (Å²) in [5.74, 6) is -0.327. The fourth-order valence-electron chi connectivity index (χ4n) is 0.251. The van der Waals surface area contributed by atoms with Crippen LogP contribution in [0.3, 0.4) is 0 Å². The van der Waals surface area contributed by atoms with Gasteiger partial charge in [-0.05, 0) is 13.3 Å². The predicted octanol–water partition coefficient (Wildman–Crippen LogP) is 0.358. The van der Waals surface area contributed by atoms with E-state index in [1.807, 2.05) is 6.92 Å². The van der Waals surface area contributed by atoms with Gasteiger partial charge in [-0.2, -0.15) is 0 Å². The van der Waals surface area contributed by atoms with Gasteiger partial charge in [0.15, 0.2) is 10.7 Å². The average molecular weight is 165 g/mol. The van der Waals surface area contributed by atoms with Crippen LogP contribution in [0.25, 0.3) is 0 Å². The topological polar surface area (TPSA) is 55.7 Å². The van der Waals surface area contributed by atoms with Crippen molar-refractivity contribution in [1.29, 1.82) is 0 Å². The van der Waals surface area contributed by atoms with Crippen LogP contribution in [0, 0.1) is 0 Å². The first-order valence-electron chi connectivity index (χ1n) is 2.94. The zero-order valence-electron chi connectivity index (χ0n) is 6.03. The van der Waals surface area contributed by atoms with Gasteiger partial charge in [-0.1, -0.05) is 12.1 Å². The van der Waals surface area contributed by atoms with E-state index in [1.165, 1.54) is 0 Å². The highest BCUT2D eigenvalue weighted by atomic mass is 32.2. The van der Waals surface area contributed by atoms with Crippen molar-refractivity contribution in [2.24, 2.45) is 5.16 Å². The first-order chi connectivity index (χ1) is 4.66. The van der Waals surface area contributed by atoms with Crippen LogP contribution in [-0.4, -0.2) is 20.1 Å². The van der Waals surface area contributed by atoms with Crippen molar-refractivity contribution in [3.05, 3.63) is 0 Å². The van der Waals surface area contributed by atoms with Gasteiger partial charge >= 0.3 is 0 Å². The molecule has 0 saturated heterocycles. The van der Waals surface area contributed by atoms with Crippen molar-refractivity contribution >= 4 is 16.4 Å². The van der Waals surface area contributed by atoms with Crippen LogP contribution >= 0.6 is 0 Å². The SMILES string of the molecule is CCC(C)=NOC[SH](=O)=O. The lowest BCUT2D eigenvalue weighted by molar-refractivity contribution is 0.191. The van der Waals surface area contributed by atoms with Crippen LogP contribution in [0.2, 0.25) is 0 Å². The fraction of sp³-hybridized carbons (Fsp3) is 0.800. The molecule has 0 heterocycles. The molecule has 0 aromatic rings. The highest BCUT2D eigenvalue weighted by Crippen LogP contribution is 1.85. The second-order valence-corrected chi connectivity index (χ2v) is 2.69. The van der Waals surface area contributed by atoms with E-state index in [-0.39, 0.29) is 5.94 Å². The minimum absolute atomic E-state index is 0.327. The van der Waals surface area contributed by atoms with Crippen molar-refractivity contribution in [1.82, 2.24) is 0 Å². The Kier molecular flexibility index (Phi) is 4.92. The molecule has 0 radical (unpaired) electrons. The third kappa shape index (κ3) is 5.55. The summed E-state index contributed by atoms with van der Waals surface area (Å²) in [5, 5.41) is 3.52. The van der Waals surface area contributed by atoms with E-state index in [9.17, 15) is 8.42 Å². The van der Waals surface area contributed by atoms with E-state index in [0.717, 1.165) is 12.1 Å². The van der Waals surface area contributed by atoms with Gasteiger partial charge in [-0.15, -0.1) is 0 Å². The monoisotopic (exact) mass is 165 g/mol. The van der Waals surface area contributed by atoms with Gasteiger partial charge in [0.1, 0.15) is 0 Å². The summed E-state index contributed by atoms with van der Waals surface area (Å²) >= 11 is 0. The Morgan fingerprint density at radius 3 is 2.60 bits per heavy atom. The van der Waals surface area contributed by atoms with Gasteiger partial charge in [0.05, 0.1) is 5.71 Å². The molecule has 0 spiro atoms. The lowest BCUT2D eigenvalue weighted by Crippen LogP contribution is -1.93. The van der Waals surface area contributed by atoms with E-state index in [4.69, 9.17) is 0 Å². The van der Waals surface area contributed by atoms with Crippen molar-refractivity contribution in [3.8, 4) is 0 Å². The molecule has 60 valence electrons. The van der Waals surface area contributed by atoms with Crippen LogP contribution in [0.4, 0.5) is 0 Å². The molecule has 0 aliphatic rings. The molecule has 4 nitrogen and oxygen atoms in total. The van der Waals surface area contributed by atoms with Gasteiger partial charge in [0.2, 0.25) is 5.94 Å². The standard InChI is InChI=1S/C5H11NO3S/c1-3-5(2)6-9-4-10(7)8/h10H,3-4H2,1-2H3. The predicted molar refractivity (Wildman–Crippen MR) is 39.7 cm³/mol. The number of hydrogen-bond donors (Lipinski definition) is 1. The molecule has 0 saturated carbocycles. The molecule has 10 heavy (non-hydrogen) atoms. The summed E-state index contributed by atoms with van der Waals surface area (Å²) in [6, 6.07) is 0. The van der Waals surface area contributed by atoms with Crippen LogP contribution in [0.5, 0.6) is 0 Å². The lowest BCUT2D eigenvalue weighted by atomic mass is 10.3. The molecule has 0 amide bonds. The van der Waals surface area contributed by atoms with Gasteiger partial charge in [-0.3, -0.25) is 0 Å². The maximum Gasteiger partial charge on any atom is 0.214 e. The minimum Gasteiger partial charge on any atom is -0.380 e. The van der Waals surface area contributed by atoms with Crippen molar-refractivity contribution in [3.63, 3.8) is 0 Å². The van der Waals surface area contributed by atoms with Crippen LogP contribution < -0.4 is 0 Å². The first kappa shape index (κ1) is 9.42. The van der Waals surface area contributed by atoms with Gasteiger partial charge < -0.3 is 4.84 Å². The van der Waals surface area contributed by atoms with Gasteiger partial charge in [0.25, 0.3) is 0 Å². The molecule has 0 unspecified atom stereocenters. The average Bonchev–Trinajstić information content (AvgIpc) is 1.87. The molecule has 0 aliphatic heterocycles. The lowest BCUT2D eigenvalue weighted by Gasteiger charge is -1.93. The molecule has 0 bridgehead atoms. The maximum atomic E-state index is 9.91. The van der Waals surface area contributed by atoms with Crippen molar-refractivity contribution in [2.45, 2.75) is 20.3 Å². The Balaban J connectivity index is 3.52. The molecule has 0 atom stereocenters. The fourth-order valence-corrected chi connectivity index (χ4v) is 0.403. The third-order valence-electron chi connectivity index (χ3n) is 0.895. The number of hydrogen-bond acceptors (Lipinski definition) is 4. The summed E-state index contributed by atoms with van der Waals surface area (Å²) in [7, 11) is -2.47. The van der Waals surface area contributed by atoms with E-state index in [1.54, 1.807) is 6.92 Å². The molecule has 5 heteroatoms. The Morgan fingerprint density at radius 2 is 2.20 bits per heavy atom. The van der Waals surface area contributed by atoms with Crippen LogP contribution in [-0.2, 0) is 15.5 Å². The van der Waals surface area contributed by atoms with Gasteiger partial charge in [0, 0.05) is 0 Å². The van der Waals surface area contributed by atoms with E-state index < -0.39 is 10.7 Å². The minimum atomic E-state index is -2.47. The molecule has 0 fully saturated rings. The Morgan fingerprint density at radius 1 is 1.60 bits per heavy atom. The summed E-state index contributed by atoms with van der Waals surface area (Å²) in [4.78, 5) is 4.44. The molecule has 0 N–H and O–H groups in total. The maximum absolute atomic E-state index is 9.91. The smallest absolute Gasteiger partial charge is 0.214 e.